The standard InChI is InChI=1S/C17H25N3O/c1-17(12-18)9-11-19(13-17)15-8-5-10-20(16(15)21)14-6-3-2-4-7-14/h2-4,6-7,15H,5,8-13,18H2,1H3. The maximum Gasteiger partial charge on any atom is 0.244 e. The second kappa shape index (κ2) is 5.78. The van der Waals surface area contributed by atoms with Gasteiger partial charge in [0, 0.05) is 18.8 Å². The van der Waals surface area contributed by atoms with Gasteiger partial charge in [0.2, 0.25) is 5.91 Å². The van der Waals surface area contributed by atoms with Gasteiger partial charge in [-0.25, -0.2) is 0 Å². The van der Waals surface area contributed by atoms with Gasteiger partial charge in [0.25, 0.3) is 0 Å². The molecule has 1 aromatic carbocycles. The van der Waals surface area contributed by atoms with Crippen molar-refractivity contribution in [2.45, 2.75) is 32.2 Å². The minimum absolute atomic E-state index is 0.0346. The van der Waals surface area contributed by atoms with Crippen LogP contribution in [0.2, 0.25) is 0 Å². The fourth-order valence-corrected chi connectivity index (χ4v) is 3.55. The summed E-state index contributed by atoms with van der Waals surface area (Å²) in [5.74, 6) is 0.258. The van der Waals surface area contributed by atoms with Crippen molar-refractivity contribution in [3.05, 3.63) is 30.3 Å². The fourth-order valence-electron chi connectivity index (χ4n) is 3.55. The van der Waals surface area contributed by atoms with Crippen LogP contribution in [-0.4, -0.2) is 43.0 Å². The van der Waals surface area contributed by atoms with Crippen molar-refractivity contribution in [1.82, 2.24) is 4.90 Å². The van der Waals surface area contributed by atoms with Crippen molar-refractivity contribution < 1.29 is 4.79 Å². The van der Waals surface area contributed by atoms with Crippen LogP contribution in [-0.2, 0) is 4.79 Å². The Morgan fingerprint density at radius 2 is 2.05 bits per heavy atom. The summed E-state index contributed by atoms with van der Waals surface area (Å²) in [6.07, 6.45) is 3.14. The zero-order valence-electron chi connectivity index (χ0n) is 12.8. The number of rotatable bonds is 3. The van der Waals surface area contributed by atoms with Gasteiger partial charge in [-0.15, -0.1) is 0 Å². The van der Waals surface area contributed by atoms with E-state index < -0.39 is 0 Å². The molecule has 1 aromatic rings. The van der Waals surface area contributed by atoms with Gasteiger partial charge in [-0.1, -0.05) is 25.1 Å². The number of para-hydroxylation sites is 1. The molecule has 0 saturated carbocycles. The van der Waals surface area contributed by atoms with Gasteiger partial charge >= 0.3 is 0 Å². The molecule has 4 nitrogen and oxygen atoms in total. The molecular weight excluding hydrogens is 262 g/mol. The molecule has 2 aliphatic rings. The van der Waals surface area contributed by atoms with Crippen molar-refractivity contribution >= 4 is 11.6 Å². The SMILES string of the molecule is CC1(CN)CCN(C2CCCN(c3ccccc3)C2=O)C1. The van der Waals surface area contributed by atoms with Crippen LogP contribution in [0.4, 0.5) is 5.69 Å². The molecule has 114 valence electrons. The molecule has 3 rings (SSSR count). The van der Waals surface area contributed by atoms with Crippen molar-refractivity contribution in [2.75, 3.05) is 31.1 Å². The number of hydrogen-bond donors (Lipinski definition) is 1. The normalized spacial score (nSPS) is 30.9. The number of likely N-dealkylation sites (tertiary alicyclic amines) is 1. The molecule has 1 amide bonds. The van der Waals surface area contributed by atoms with Crippen LogP contribution in [0.3, 0.4) is 0 Å². The third kappa shape index (κ3) is 2.83. The zero-order chi connectivity index (χ0) is 14.9. The topological polar surface area (TPSA) is 49.6 Å². The number of carbonyl (C=O) groups is 1. The number of piperidine rings is 1. The minimum atomic E-state index is 0.0346. The molecule has 2 fully saturated rings. The van der Waals surface area contributed by atoms with E-state index in [-0.39, 0.29) is 17.4 Å². The highest BCUT2D eigenvalue weighted by Crippen LogP contribution is 2.33. The lowest BCUT2D eigenvalue weighted by atomic mass is 9.90. The Labute approximate surface area is 126 Å². The van der Waals surface area contributed by atoms with Crippen LogP contribution in [0, 0.1) is 5.41 Å². The number of nitrogens with zero attached hydrogens (tertiary/aromatic N) is 2. The summed E-state index contributed by atoms with van der Waals surface area (Å²) >= 11 is 0. The van der Waals surface area contributed by atoms with Gasteiger partial charge in [0.05, 0.1) is 6.04 Å². The van der Waals surface area contributed by atoms with E-state index in [4.69, 9.17) is 5.73 Å². The van der Waals surface area contributed by atoms with E-state index >= 15 is 0 Å². The Kier molecular flexibility index (Phi) is 4.00. The van der Waals surface area contributed by atoms with Gasteiger partial charge < -0.3 is 10.6 Å². The van der Waals surface area contributed by atoms with E-state index in [1.54, 1.807) is 0 Å². The molecule has 0 radical (unpaired) electrons. The molecule has 0 aromatic heterocycles. The molecule has 4 heteroatoms. The van der Waals surface area contributed by atoms with Gasteiger partial charge in [-0.3, -0.25) is 9.69 Å². The highest BCUT2D eigenvalue weighted by Gasteiger charge is 2.41. The Morgan fingerprint density at radius 3 is 2.71 bits per heavy atom. The summed E-state index contributed by atoms with van der Waals surface area (Å²) in [7, 11) is 0. The first-order valence-electron chi connectivity index (χ1n) is 7.93. The Balaban J connectivity index is 1.74. The van der Waals surface area contributed by atoms with Gasteiger partial charge in [0.15, 0.2) is 0 Å². The average Bonchev–Trinajstić information content (AvgIpc) is 2.91. The smallest absolute Gasteiger partial charge is 0.244 e. The first-order valence-corrected chi connectivity index (χ1v) is 7.93. The highest BCUT2D eigenvalue weighted by atomic mass is 16.2. The molecule has 0 bridgehead atoms. The number of carbonyl (C=O) groups excluding carboxylic acids is 1. The van der Waals surface area contributed by atoms with Crippen LogP contribution in [0.1, 0.15) is 26.2 Å². The summed E-state index contributed by atoms with van der Waals surface area (Å²) in [5.41, 5.74) is 7.09. The molecule has 0 spiro atoms. The third-order valence-corrected chi connectivity index (χ3v) is 5.00. The van der Waals surface area contributed by atoms with Gasteiger partial charge in [0.1, 0.15) is 0 Å². The van der Waals surface area contributed by atoms with Crippen LogP contribution in [0.15, 0.2) is 30.3 Å². The summed E-state index contributed by atoms with van der Waals surface area (Å²) in [5, 5.41) is 0. The summed E-state index contributed by atoms with van der Waals surface area (Å²) in [6, 6.07) is 10.1. The quantitative estimate of drug-likeness (QED) is 0.923. The lowest BCUT2D eigenvalue weighted by Gasteiger charge is -2.37. The van der Waals surface area contributed by atoms with Crippen LogP contribution < -0.4 is 10.6 Å². The molecule has 2 heterocycles. The Bertz CT molecular complexity index is 504. The van der Waals surface area contributed by atoms with Crippen molar-refractivity contribution in [3.63, 3.8) is 0 Å². The molecule has 2 N–H and O–H groups in total. The third-order valence-electron chi connectivity index (χ3n) is 5.00. The number of nitrogens with two attached hydrogens (primary N) is 1. The number of amides is 1. The zero-order valence-corrected chi connectivity index (χ0v) is 12.8. The summed E-state index contributed by atoms with van der Waals surface area (Å²) < 4.78 is 0. The monoisotopic (exact) mass is 287 g/mol. The molecule has 2 aliphatic heterocycles. The van der Waals surface area contributed by atoms with Crippen LogP contribution in [0.5, 0.6) is 0 Å². The van der Waals surface area contributed by atoms with E-state index in [9.17, 15) is 4.79 Å². The summed E-state index contributed by atoms with van der Waals surface area (Å²) in [4.78, 5) is 17.2. The fraction of sp³-hybridized carbons (Fsp3) is 0.588. The molecule has 2 saturated heterocycles. The maximum atomic E-state index is 12.9. The number of hydrogen-bond acceptors (Lipinski definition) is 3. The lowest BCUT2D eigenvalue weighted by Crippen LogP contribution is -2.52. The first kappa shape index (κ1) is 14.5. The summed E-state index contributed by atoms with van der Waals surface area (Å²) in [6.45, 7) is 5.71. The highest BCUT2D eigenvalue weighted by molar-refractivity contribution is 5.97. The Hall–Kier alpha value is -1.39. The van der Waals surface area contributed by atoms with E-state index in [1.807, 2.05) is 35.2 Å². The maximum absolute atomic E-state index is 12.9. The van der Waals surface area contributed by atoms with Crippen molar-refractivity contribution in [2.24, 2.45) is 11.1 Å². The van der Waals surface area contributed by atoms with E-state index in [0.717, 1.165) is 44.6 Å². The first-order chi connectivity index (χ1) is 10.1. The van der Waals surface area contributed by atoms with Gasteiger partial charge in [-0.2, -0.15) is 0 Å². The second-order valence-electron chi connectivity index (χ2n) is 6.72. The number of anilines is 1. The Morgan fingerprint density at radius 1 is 1.29 bits per heavy atom. The van der Waals surface area contributed by atoms with E-state index in [1.165, 1.54) is 0 Å². The van der Waals surface area contributed by atoms with Crippen molar-refractivity contribution in [1.29, 1.82) is 0 Å². The largest absolute Gasteiger partial charge is 0.330 e. The second-order valence-corrected chi connectivity index (χ2v) is 6.72. The molecular formula is C17H25N3O. The van der Waals surface area contributed by atoms with Gasteiger partial charge in [-0.05, 0) is 49.9 Å². The molecule has 2 atom stereocenters. The van der Waals surface area contributed by atoms with Crippen LogP contribution in [0.25, 0.3) is 0 Å². The predicted octanol–water partition coefficient (Wildman–Crippen LogP) is 1.85. The minimum Gasteiger partial charge on any atom is -0.330 e. The lowest BCUT2D eigenvalue weighted by molar-refractivity contribution is -0.125. The number of benzene rings is 1. The van der Waals surface area contributed by atoms with Crippen molar-refractivity contribution in [3.8, 4) is 0 Å². The predicted molar refractivity (Wildman–Crippen MR) is 85.2 cm³/mol. The van der Waals surface area contributed by atoms with E-state index in [0.29, 0.717) is 6.54 Å². The molecule has 21 heavy (non-hydrogen) atoms. The van der Waals surface area contributed by atoms with Crippen LogP contribution >= 0.6 is 0 Å². The molecule has 2 unspecified atom stereocenters. The van der Waals surface area contributed by atoms with E-state index in [2.05, 4.69) is 11.8 Å². The molecule has 0 aliphatic carbocycles. The average molecular weight is 287 g/mol.